The molecule has 0 radical (unpaired) electrons. The molecule has 22 heavy (non-hydrogen) atoms. The van der Waals surface area contributed by atoms with Gasteiger partial charge in [-0.3, -0.25) is 4.79 Å². The second-order valence-corrected chi connectivity index (χ2v) is 6.34. The first kappa shape index (κ1) is 16.7. The van der Waals surface area contributed by atoms with Crippen LogP contribution >= 0.6 is 11.8 Å². The first-order valence-corrected chi connectivity index (χ1v) is 8.65. The Morgan fingerprint density at radius 2 is 2.05 bits per heavy atom. The molecule has 0 aliphatic carbocycles. The largest absolute Gasteiger partial charge is 0.491 e. The number of carbonyl (C=O) groups is 1. The smallest absolute Gasteiger partial charge is 0.293 e. The molecule has 1 amide bonds. The average molecular weight is 321 g/mol. The monoisotopic (exact) mass is 321 g/mol. The van der Waals surface area contributed by atoms with Gasteiger partial charge in [0.25, 0.3) is 5.91 Å². The average Bonchev–Trinajstić information content (AvgIpc) is 2.52. The van der Waals surface area contributed by atoms with E-state index in [2.05, 4.69) is 12.1 Å². The molecule has 1 aromatic carbocycles. The minimum Gasteiger partial charge on any atom is -0.491 e. The van der Waals surface area contributed by atoms with Gasteiger partial charge in [-0.25, -0.2) is 0 Å². The molecule has 1 aromatic rings. The van der Waals surface area contributed by atoms with E-state index in [1.165, 1.54) is 4.90 Å². The number of hydrogen-bond donors (Lipinski definition) is 0. The molecule has 0 spiro atoms. The van der Waals surface area contributed by atoms with Crippen LogP contribution in [0.1, 0.15) is 26.3 Å². The number of benzene rings is 1. The summed E-state index contributed by atoms with van der Waals surface area (Å²) in [5.41, 5.74) is 1.11. The topological polar surface area (TPSA) is 38.8 Å². The van der Waals surface area contributed by atoms with Crippen molar-refractivity contribution in [3.63, 3.8) is 0 Å². The Bertz CT molecular complexity index is 569. The van der Waals surface area contributed by atoms with E-state index in [1.54, 1.807) is 18.7 Å². The van der Waals surface area contributed by atoms with Crippen molar-refractivity contribution in [2.24, 2.45) is 0 Å². The molecule has 2 rings (SSSR count). The summed E-state index contributed by atoms with van der Waals surface area (Å²) in [6.07, 6.45) is 2.05. The van der Waals surface area contributed by atoms with Crippen LogP contribution < -0.4 is 0 Å². The van der Waals surface area contributed by atoms with E-state index < -0.39 is 0 Å². The fourth-order valence-electron chi connectivity index (χ4n) is 2.30. The number of thioether (sulfide) groups is 1. The van der Waals surface area contributed by atoms with E-state index in [0.29, 0.717) is 31.3 Å². The Balaban J connectivity index is 2.21. The minimum absolute atomic E-state index is 0.0799. The standard InChI is InChI=1S/C17H23NO3S/c1-12(2)18(11-14-6-5-7-15(10-14)22-4)17(19)16-13(3)20-8-9-21-16/h5-7,10,12H,8-9,11H2,1-4H3. The van der Waals surface area contributed by atoms with E-state index >= 15 is 0 Å². The van der Waals surface area contributed by atoms with Crippen LogP contribution in [0.3, 0.4) is 0 Å². The van der Waals surface area contributed by atoms with Gasteiger partial charge < -0.3 is 14.4 Å². The van der Waals surface area contributed by atoms with Gasteiger partial charge in [0.2, 0.25) is 5.76 Å². The Kier molecular flexibility index (Phi) is 5.77. The van der Waals surface area contributed by atoms with E-state index in [0.717, 1.165) is 5.56 Å². The van der Waals surface area contributed by atoms with Crippen LogP contribution in [0.2, 0.25) is 0 Å². The molecule has 0 atom stereocenters. The third-order valence-electron chi connectivity index (χ3n) is 3.53. The summed E-state index contributed by atoms with van der Waals surface area (Å²) in [5.74, 6) is 0.794. The number of carbonyl (C=O) groups excluding carboxylic acids is 1. The number of allylic oxidation sites excluding steroid dienone is 1. The van der Waals surface area contributed by atoms with Crippen molar-refractivity contribution < 1.29 is 14.3 Å². The Labute approximate surface area is 136 Å². The summed E-state index contributed by atoms with van der Waals surface area (Å²) >= 11 is 1.70. The van der Waals surface area contributed by atoms with Crippen molar-refractivity contribution in [1.29, 1.82) is 0 Å². The maximum atomic E-state index is 12.8. The lowest BCUT2D eigenvalue weighted by molar-refractivity contribution is -0.135. The van der Waals surface area contributed by atoms with Gasteiger partial charge in [-0.2, -0.15) is 0 Å². The molecular weight excluding hydrogens is 298 g/mol. The highest BCUT2D eigenvalue weighted by Crippen LogP contribution is 2.21. The van der Waals surface area contributed by atoms with Crippen LogP contribution in [0.15, 0.2) is 40.7 Å². The highest BCUT2D eigenvalue weighted by molar-refractivity contribution is 7.98. The maximum Gasteiger partial charge on any atom is 0.293 e. The lowest BCUT2D eigenvalue weighted by Crippen LogP contribution is -2.39. The molecule has 0 saturated carbocycles. The van der Waals surface area contributed by atoms with Crippen LogP contribution in [0.4, 0.5) is 0 Å². The summed E-state index contributed by atoms with van der Waals surface area (Å²) in [6.45, 7) is 7.28. The summed E-state index contributed by atoms with van der Waals surface area (Å²) in [7, 11) is 0. The van der Waals surface area contributed by atoms with Gasteiger partial charge in [-0.05, 0) is 44.7 Å². The van der Waals surface area contributed by atoms with Crippen molar-refractivity contribution in [2.75, 3.05) is 19.5 Å². The molecule has 1 heterocycles. The van der Waals surface area contributed by atoms with E-state index in [1.807, 2.05) is 37.1 Å². The van der Waals surface area contributed by atoms with Gasteiger partial charge in [0.1, 0.15) is 19.0 Å². The molecule has 0 fully saturated rings. The lowest BCUT2D eigenvalue weighted by atomic mass is 10.1. The molecule has 120 valence electrons. The van der Waals surface area contributed by atoms with Crippen molar-refractivity contribution in [2.45, 2.75) is 38.3 Å². The fourth-order valence-corrected chi connectivity index (χ4v) is 2.79. The number of ether oxygens (including phenoxy) is 2. The Morgan fingerprint density at radius 3 is 2.68 bits per heavy atom. The molecule has 5 heteroatoms. The summed E-state index contributed by atoms with van der Waals surface area (Å²) in [4.78, 5) is 15.8. The highest BCUT2D eigenvalue weighted by Gasteiger charge is 2.27. The number of rotatable bonds is 5. The minimum atomic E-state index is -0.109. The first-order valence-electron chi connectivity index (χ1n) is 7.43. The molecule has 0 unspecified atom stereocenters. The van der Waals surface area contributed by atoms with Crippen LogP contribution in [0.5, 0.6) is 0 Å². The zero-order valence-corrected chi connectivity index (χ0v) is 14.4. The van der Waals surface area contributed by atoms with Gasteiger partial charge >= 0.3 is 0 Å². The Hall–Kier alpha value is -1.62. The summed E-state index contributed by atoms with van der Waals surface area (Å²) < 4.78 is 11.0. The van der Waals surface area contributed by atoms with Crippen molar-refractivity contribution in [3.05, 3.63) is 41.3 Å². The second kappa shape index (κ2) is 7.58. The van der Waals surface area contributed by atoms with Gasteiger partial charge in [-0.15, -0.1) is 11.8 Å². The number of nitrogens with zero attached hydrogens (tertiary/aromatic N) is 1. The predicted octanol–water partition coefficient (Wildman–Crippen LogP) is 3.42. The van der Waals surface area contributed by atoms with Crippen molar-refractivity contribution >= 4 is 17.7 Å². The number of hydrogen-bond acceptors (Lipinski definition) is 4. The molecule has 0 N–H and O–H groups in total. The Morgan fingerprint density at radius 1 is 1.32 bits per heavy atom. The van der Waals surface area contributed by atoms with Crippen molar-refractivity contribution in [3.8, 4) is 0 Å². The van der Waals surface area contributed by atoms with Crippen LogP contribution in [0.25, 0.3) is 0 Å². The second-order valence-electron chi connectivity index (χ2n) is 5.46. The summed E-state index contributed by atoms with van der Waals surface area (Å²) in [5, 5.41) is 0. The zero-order valence-electron chi connectivity index (χ0n) is 13.6. The quantitative estimate of drug-likeness (QED) is 0.779. The molecule has 0 bridgehead atoms. The maximum absolute atomic E-state index is 12.8. The first-order chi connectivity index (χ1) is 10.5. The molecule has 0 saturated heterocycles. The third kappa shape index (κ3) is 3.97. The number of amides is 1. The fraction of sp³-hybridized carbons (Fsp3) is 0.471. The normalized spacial score (nSPS) is 14.6. The molecule has 1 aliphatic heterocycles. The van der Waals surface area contributed by atoms with E-state index in [4.69, 9.17) is 9.47 Å². The van der Waals surface area contributed by atoms with Gasteiger partial charge in [-0.1, -0.05) is 12.1 Å². The zero-order chi connectivity index (χ0) is 16.1. The molecule has 0 aromatic heterocycles. The van der Waals surface area contributed by atoms with Crippen LogP contribution in [0, 0.1) is 0 Å². The lowest BCUT2D eigenvalue weighted by Gasteiger charge is -2.29. The predicted molar refractivity (Wildman–Crippen MR) is 88.5 cm³/mol. The molecule has 1 aliphatic rings. The van der Waals surface area contributed by atoms with Gasteiger partial charge in [0.05, 0.1) is 0 Å². The van der Waals surface area contributed by atoms with Crippen molar-refractivity contribution in [1.82, 2.24) is 4.90 Å². The van der Waals surface area contributed by atoms with Crippen LogP contribution in [-0.2, 0) is 20.8 Å². The SMILES string of the molecule is CSc1cccc(CN(C(=O)C2=C(C)OCCO2)C(C)C)c1. The van der Waals surface area contributed by atoms with E-state index in [-0.39, 0.29) is 11.9 Å². The van der Waals surface area contributed by atoms with E-state index in [9.17, 15) is 4.79 Å². The molecular formula is C17H23NO3S. The van der Waals surface area contributed by atoms with Crippen LogP contribution in [-0.4, -0.2) is 36.3 Å². The molecule has 4 nitrogen and oxygen atoms in total. The summed E-state index contributed by atoms with van der Waals surface area (Å²) in [6, 6.07) is 8.33. The highest BCUT2D eigenvalue weighted by atomic mass is 32.2. The third-order valence-corrected chi connectivity index (χ3v) is 4.26. The van der Waals surface area contributed by atoms with Gasteiger partial charge in [0, 0.05) is 17.5 Å². The van der Waals surface area contributed by atoms with Gasteiger partial charge in [0.15, 0.2) is 0 Å².